The molecule has 0 aromatic carbocycles. The molecule has 3 rings (SSSR count). The van der Waals surface area contributed by atoms with Crippen LogP contribution >= 0.6 is 0 Å². The standard InChI is InChI=1S/C14H24N2O2/c1-14(13(17)18)5-6-16(9-14)12-7-10-3-4-11(8-12)15(10)2/h10-12H,3-9H2,1-2H3,(H,17,18). The fourth-order valence-corrected chi connectivity index (χ4v) is 4.16. The molecule has 3 fully saturated rings. The lowest BCUT2D eigenvalue weighted by Crippen LogP contribution is -2.49. The van der Waals surface area contributed by atoms with Gasteiger partial charge in [0.15, 0.2) is 0 Å². The van der Waals surface area contributed by atoms with Gasteiger partial charge in [0.25, 0.3) is 0 Å². The zero-order chi connectivity index (χ0) is 12.9. The molecular weight excluding hydrogens is 228 g/mol. The van der Waals surface area contributed by atoms with Gasteiger partial charge in [-0.3, -0.25) is 9.69 Å². The van der Waals surface area contributed by atoms with Crippen LogP contribution in [0, 0.1) is 5.41 Å². The van der Waals surface area contributed by atoms with Crippen LogP contribution in [0.2, 0.25) is 0 Å². The van der Waals surface area contributed by atoms with Gasteiger partial charge >= 0.3 is 5.97 Å². The number of hydrogen-bond donors (Lipinski definition) is 1. The van der Waals surface area contributed by atoms with Crippen molar-refractivity contribution in [3.8, 4) is 0 Å². The van der Waals surface area contributed by atoms with Gasteiger partial charge in [0.1, 0.15) is 0 Å². The van der Waals surface area contributed by atoms with Crippen LogP contribution in [0.1, 0.15) is 39.0 Å². The minimum absolute atomic E-state index is 0.512. The first-order valence-corrected chi connectivity index (χ1v) is 7.19. The molecule has 2 bridgehead atoms. The first kappa shape index (κ1) is 12.4. The molecule has 0 amide bonds. The van der Waals surface area contributed by atoms with E-state index in [4.69, 9.17) is 0 Å². The molecule has 3 saturated heterocycles. The molecule has 3 aliphatic rings. The first-order chi connectivity index (χ1) is 8.49. The molecule has 0 saturated carbocycles. The Morgan fingerprint density at radius 3 is 2.33 bits per heavy atom. The zero-order valence-corrected chi connectivity index (χ0v) is 11.4. The van der Waals surface area contributed by atoms with Crippen molar-refractivity contribution < 1.29 is 9.90 Å². The van der Waals surface area contributed by atoms with E-state index < -0.39 is 11.4 Å². The molecule has 102 valence electrons. The summed E-state index contributed by atoms with van der Waals surface area (Å²) in [5.74, 6) is -0.624. The smallest absolute Gasteiger partial charge is 0.310 e. The highest BCUT2D eigenvalue weighted by molar-refractivity contribution is 5.74. The Bertz CT molecular complexity index is 346. The summed E-state index contributed by atoms with van der Waals surface area (Å²) in [5, 5.41) is 9.31. The lowest BCUT2D eigenvalue weighted by Gasteiger charge is -2.40. The lowest BCUT2D eigenvalue weighted by molar-refractivity contribution is -0.147. The van der Waals surface area contributed by atoms with Crippen LogP contribution in [-0.4, -0.2) is 59.1 Å². The molecule has 0 aromatic rings. The predicted molar refractivity (Wildman–Crippen MR) is 69.5 cm³/mol. The number of carboxylic acid groups (broad SMARTS) is 1. The molecule has 4 heteroatoms. The third-order valence-corrected chi connectivity index (χ3v) is 5.61. The van der Waals surface area contributed by atoms with Crippen LogP contribution in [0.4, 0.5) is 0 Å². The SMILES string of the molecule is CN1C2CCC1CC(N1CCC(C)(C(=O)O)C1)C2. The molecule has 0 radical (unpaired) electrons. The van der Waals surface area contributed by atoms with Crippen LogP contribution in [0.5, 0.6) is 0 Å². The number of carbonyl (C=O) groups is 1. The van der Waals surface area contributed by atoms with E-state index in [1.165, 1.54) is 25.7 Å². The molecule has 0 spiro atoms. The molecule has 18 heavy (non-hydrogen) atoms. The summed E-state index contributed by atoms with van der Waals surface area (Å²) in [7, 11) is 2.25. The predicted octanol–water partition coefficient (Wildman–Crippen LogP) is 1.41. The Morgan fingerprint density at radius 2 is 1.83 bits per heavy atom. The molecule has 0 aromatic heterocycles. The summed E-state index contributed by atoms with van der Waals surface area (Å²) >= 11 is 0. The Hall–Kier alpha value is -0.610. The topological polar surface area (TPSA) is 43.8 Å². The highest BCUT2D eigenvalue weighted by atomic mass is 16.4. The maximum absolute atomic E-state index is 11.3. The van der Waals surface area contributed by atoms with E-state index in [-0.39, 0.29) is 0 Å². The summed E-state index contributed by atoms with van der Waals surface area (Å²) in [6, 6.07) is 2.11. The summed E-state index contributed by atoms with van der Waals surface area (Å²) in [6.07, 6.45) is 5.96. The van der Waals surface area contributed by atoms with Crippen molar-refractivity contribution in [1.82, 2.24) is 9.80 Å². The van der Waals surface area contributed by atoms with Crippen LogP contribution < -0.4 is 0 Å². The van der Waals surface area contributed by atoms with Crippen molar-refractivity contribution >= 4 is 5.97 Å². The summed E-state index contributed by atoms with van der Waals surface area (Å²) in [6.45, 7) is 3.62. The largest absolute Gasteiger partial charge is 0.481 e. The molecule has 1 N–H and O–H groups in total. The van der Waals surface area contributed by atoms with Gasteiger partial charge in [-0.1, -0.05) is 0 Å². The second-order valence-corrected chi connectivity index (χ2v) is 6.76. The highest BCUT2D eigenvalue weighted by Gasteiger charge is 2.46. The number of carboxylic acids is 1. The minimum atomic E-state index is -0.624. The van der Waals surface area contributed by atoms with Gasteiger partial charge in [0, 0.05) is 24.7 Å². The first-order valence-electron chi connectivity index (χ1n) is 7.19. The Labute approximate surface area is 109 Å². The van der Waals surface area contributed by atoms with Crippen LogP contribution in [0.25, 0.3) is 0 Å². The van der Waals surface area contributed by atoms with E-state index in [1.54, 1.807) is 0 Å². The summed E-state index contributed by atoms with van der Waals surface area (Å²) in [5.41, 5.74) is -0.512. The van der Waals surface area contributed by atoms with Gasteiger partial charge < -0.3 is 10.0 Å². The third kappa shape index (κ3) is 1.86. The normalized spacial score (nSPS) is 45.6. The van der Waals surface area contributed by atoms with Crippen molar-refractivity contribution in [3.05, 3.63) is 0 Å². The van der Waals surface area contributed by atoms with Crippen molar-refractivity contribution in [2.45, 2.75) is 57.2 Å². The fraction of sp³-hybridized carbons (Fsp3) is 0.929. The van der Waals surface area contributed by atoms with Gasteiger partial charge in [-0.05, 0) is 52.6 Å². The molecule has 0 aliphatic carbocycles. The minimum Gasteiger partial charge on any atom is -0.481 e. The second kappa shape index (κ2) is 4.20. The van der Waals surface area contributed by atoms with E-state index in [9.17, 15) is 9.90 Å². The highest BCUT2D eigenvalue weighted by Crippen LogP contribution is 2.40. The molecule has 4 nitrogen and oxygen atoms in total. The van der Waals surface area contributed by atoms with E-state index in [2.05, 4.69) is 16.8 Å². The van der Waals surface area contributed by atoms with Crippen LogP contribution in [-0.2, 0) is 4.79 Å². The van der Waals surface area contributed by atoms with Gasteiger partial charge in [0.05, 0.1) is 5.41 Å². The maximum atomic E-state index is 11.3. The molecule has 3 unspecified atom stereocenters. The summed E-state index contributed by atoms with van der Waals surface area (Å²) in [4.78, 5) is 16.3. The average Bonchev–Trinajstić information content (AvgIpc) is 2.79. The Balaban J connectivity index is 1.66. The van der Waals surface area contributed by atoms with E-state index in [1.807, 2.05) is 6.92 Å². The molecular formula is C14H24N2O2. The van der Waals surface area contributed by atoms with Gasteiger partial charge in [-0.15, -0.1) is 0 Å². The fourth-order valence-electron chi connectivity index (χ4n) is 4.16. The molecule has 3 atom stereocenters. The average molecular weight is 252 g/mol. The van der Waals surface area contributed by atoms with Crippen molar-refractivity contribution in [2.75, 3.05) is 20.1 Å². The lowest BCUT2D eigenvalue weighted by atomic mass is 9.90. The van der Waals surface area contributed by atoms with E-state index in [0.29, 0.717) is 6.04 Å². The Morgan fingerprint density at radius 1 is 1.22 bits per heavy atom. The number of aliphatic carboxylic acids is 1. The second-order valence-electron chi connectivity index (χ2n) is 6.76. The van der Waals surface area contributed by atoms with Gasteiger partial charge in [0.2, 0.25) is 0 Å². The maximum Gasteiger partial charge on any atom is 0.310 e. The number of rotatable bonds is 2. The molecule has 3 heterocycles. The number of nitrogens with zero attached hydrogens (tertiary/aromatic N) is 2. The van der Waals surface area contributed by atoms with Crippen LogP contribution in [0.3, 0.4) is 0 Å². The number of hydrogen-bond acceptors (Lipinski definition) is 3. The summed E-state index contributed by atoms with van der Waals surface area (Å²) < 4.78 is 0. The third-order valence-electron chi connectivity index (χ3n) is 5.61. The van der Waals surface area contributed by atoms with Crippen molar-refractivity contribution in [3.63, 3.8) is 0 Å². The Kier molecular flexibility index (Phi) is 2.90. The van der Waals surface area contributed by atoms with E-state index in [0.717, 1.165) is 31.6 Å². The number of piperidine rings is 1. The van der Waals surface area contributed by atoms with Crippen molar-refractivity contribution in [1.29, 1.82) is 0 Å². The van der Waals surface area contributed by atoms with Gasteiger partial charge in [-0.2, -0.15) is 0 Å². The van der Waals surface area contributed by atoms with E-state index >= 15 is 0 Å². The monoisotopic (exact) mass is 252 g/mol. The zero-order valence-electron chi connectivity index (χ0n) is 11.4. The molecule has 3 aliphatic heterocycles. The van der Waals surface area contributed by atoms with Crippen LogP contribution in [0.15, 0.2) is 0 Å². The number of fused-ring (bicyclic) bond motifs is 2. The number of likely N-dealkylation sites (tertiary alicyclic amines) is 1. The van der Waals surface area contributed by atoms with Crippen molar-refractivity contribution in [2.24, 2.45) is 5.41 Å². The van der Waals surface area contributed by atoms with Gasteiger partial charge in [-0.25, -0.2) is 0 Å². The quantitative estimate of drug-likeness (QED) is 0.807.